The van der Waals surface area contributed by atoms with Crippen molar-refractivity contribution in [2.24, 2.45) is 16.8 Å². The molecule has 1 aliphatic carbocycles. The number of anilines is 1. The van der Waals surface area contributed by atoms with Gasteiger partial charge in [-0.25, -0.2) is 4.98 Å². The van der Waals surface area contributed by atoms with Crippen molar-refractivity contribution in [3.05, 3.63) is 23.4 Å². The predicted molar refractivity (Wildman–Crippen MR) is 72.1 cm³/mol. The van der Waals surface area contributed by atoms with Gasteiger partial charge in [-0.2, -0.15) is 0 Å². The van der Waals surface area contributed by atoms with Crippen LogP contribution in [0.15, 0.2) is 17.3 Å². The molecule has 0 unspecified atom stereocenters. The van der Waals surface area contributed by atoms with Crippen molar-refractivity contribution in [3.8, 4) is 0 Å². The van der Waals surface area contributed by atoms with Gasteiger partial charge in [-0.1, -0.05) is 5.16 Å². The molecule has 0 bridgehead atoms. The minimum atomic E-state index is 0.117. The Morgan fingerprint density at radius 3 is 2.83 bits per heavy atom. The molecule has 1 aromatic rings. The lowest BCUT2D eigenvalue weighted by Gasteiger charge is -2.24. The van der Waals surface area contributed by atoms with Crippen LogP contribution < -0.4 is 10.6 Å². The lowest BCUT2D eigenvalue weighted by atomic mass is 10.2. The van der Waals surface area contributed by atoms with Gasteiger partial charge < -0.3 is 15.8 Å². The molecule has 5 heteroatoms. The third-order valence-electron chi connectivity index (χ3n) is 3.25. The molecule has 0 saturated heterocycles. The highest BCUT2D eigenvalue weighted by Gasteiger charge is 2.25. The standard InChI is InChI=1S/C13H20N4O/c1-3-17(8-10-5-6-10)13-11(12(14)16-18)7-4-9(2)15-13/h4,7,10,18H,3,5-6,8H2,1-2H3,(H2,14,16). The Morgan fingerprint density at radius 2 is 2.28 bits per heavy atom. The molecule has 3 N–H and O–H groups in total. The van der Waals surface area contributed by atoms with Gasteiger partial charge in [0.2, 0.25) is 0 Å². The summed E-state index contributed by atoms with van der Waals surface area (Å²) in [6.07, 6.45) is 2.59. The fourth-order valence-electron chi connectivity index (χ4n) is 2.02. The maximum atomic E-state index is 8.85. The second-order valence-corrected chi connectivity index (χ2v) is 4.79. The van der Waals surface area contributed by atoms with Gasteiger partial charge in [0.05, 0.1) is 5.56 Å². The van der Waals surface area contributed by atoms with Gasteiger partial charge in [-0.15, -0.1) is 0 Å². The predicted octanol–water partition coefficient (Wildman–Crippen LogP) is 1.72. The first-order valence-electron chi connectivity index (χ1n) is 6.36. The number of aryl methyl sites for hydroxylation is 1. The number of aromatic nitrogens is 1. The number of hydrogen-bond donors (Lipinski definition) is 2. The van der Waals surface area contributed by atoms with E-state index >= 15 is 0 Å². The molecule has 1 fully saturated rings. The topological polar surface area (TPSA) is 74.7 Å². The minimum absolute atomic E-state index is 0.117. The van der Waals surface area contributed by atoms with E-state index in [0.717, 1.165) is 30.5 Å². The van der Waals surface area contributed by atoms with Crippen LogP contribution in [0, 0.1) is 12.8 Å². The summed E-state index contributed by atoms with van der Waals surface area (Å²) in [5.74, 6) is 1.71. The number of nitrogens with zero attached hydrogens (tertiary/aromatic N) is 3. The van der Waals surface area contributed by atoms with Gasteiger partial charge >= 0.3 is 0 Å². The molecule has 0 amide bonds. The van der Waals surface area contributed by atoms with E-state index in [0.29, 0.717) is 5.56 Å². The van der Waals surface area contributed by atoms with Gasteiger partial charge in [-0.05, 0) is 44.7 Å². The van der Waals surface area contributed by atoms with E-state index in [9.17, 15) is 0 Å². The van der Waals surface area contributed by atoms with Gasteiger partial charge in [0.1, 0.15) is 5.82 Å². The maximum absolute atomic E-state index is 8.85. The van der Waals surface area contributed by atoms with Crippen molar-refractivity contribution in [2.75, 3.05) is 18.0 Å². The fraction of sp³-hybridized carbons (Fsp3) is 0.538. The summed E-state index contributed by atoms with van der Waals surface area (Å²) < 4.78 is 0. The largest absolute Gasteiger partial charge is 0.409 e. The molecule has 1 aromatic heterocycles. The summed E-state index contributed by atoms with van der Waals surface area (Å²) in [7, 11) is 0. The van der Waals surface area contributed by atoms with E-state index < -0.39 is 0 Å². The van der Waals surface area contributed by atoms with Gasteiger partial charge in [0.15, 0.2) is 5.84 Å². The highest BCUT2D eigenvalue weighted by Crippen LogP contribution is 2.31. The van der Waals surface area contributed by atoms with Crippen LogP contribution >= 0.6 is 0 Å². The normalized spacial score (nSPS) is 15.8. The number of pyridine rings is 1. The highest BCUT2D eigenvalue weighted by molar-refractivity contribution is 6.01. The van der Waals surface area contributed by atoms with Crippen LogP contribution in [-0.4, -0.2) is 29.1 Å². The zero-order chi connectivity index (χ0) is 13.1. The van der Waals surface area contributed by atoms with E-state index in [2.05, 4.69) is 22.0 Å². The van der Waals surface area contributed by atoms with E-state index in [1.165, 1.54) is 12.8 Å². The van der Waals surface area contributed by atoms with E-state index in [-0.39, 0.29) is 5.84 Å². The first-order valence-corrected chi connectivity index (χ1v) is 6.36. The lowest BCUT2D eigenvalue weighted by Crippen LogP contribution is -2.29. The number of hydrogen-bond acceptors (Lipinski definition) is 4. The molecular formula is C13H20N4O. The van der Waals surface area contributed by atoms with E-state index in [1.807, 2.05) is 19.1 Å². The molecule has 1 saturated carbocycles. The molecule has 0 radical (unpaired) electrons. The Hall–Kier alpha value is -1.78. The van der Waals surface area contributed by atoms with E-state index in [4.69, 9.17) is 10.9 Å². The molecule has 98 valence electrons. The summed E-state index contributed by atoms with van der Waals surface area (Å²) in [5, 5.41) is 11.9. The van der Waals surface area contributed by atoms with Crippen molar-refractivity contribution in [1.29, 1.82) is 0 Å². The summed E-state index contributed by atoms with van der Waals surface area (Å²) in [4.78, 5) is 6.75. The molecule has 0 spiro atoms. The van der Waals surface area contributed by atoms with Gasteiger partial charge in [-0.3, -0.25) is 0 Å². The van der Waals surface area contributed by atoms with Crippen LogP contribution in [0.5, 0.6) is 0 Å². The molecule has 1 heterocycles. The zero-order valence-corrected chi connectivity index (χ0v) is 10.9. The van der Waals surface area contributed by atoms with Crippen LogP contribution in [-0.2, 0) is 0 Å². The number of amidine groups is 1. The smallest absolute Gasteiger partial charge is 0.173 e. The first-order chi connectivity index (χ1) is 8.65. The Morgan fingerprint density at radius 1 is 1.56 bits per heavy atom. The molecule has 18 heavy (non-hydrogen) atoms. The van der Waals surface area contributed by atoms with Crippen molar-refractivity contribution in [2.45, 2.75) is 26.7 Å². The summed E-state index contributed by atoms with van der Waals surface area (Å²) in [6.45, 7) is 5.92. The van der Waals surface area contributed by atoms with Gasteiger partial charge in [0.25, 0.3) is 0 Å². The second-order valence-electron chi connectivity index (χ2n) is 4.79. The molecule has 1 aliphatic rings. The number of nitrogens with two attached hydrogens (primary N) is 1. The quantitative estimate of drug-likeness (QED) is 0.360. The van der Waals surface area contributed by atoms with Crippen molar-refractivity contribution >= 4 is 11.7 Å². The summed E-state index contributed by atoms with van der Waals surface area (Å²) in [6, 6.07) is 3.74. The second kappa shape index (κ2) is 5.25. The Bertz CT molecular complexity index is 454. The highest BCUT2D eigenvalue weighted by atomic mass is 16.4. The third-order valence-corrected chi connectivity index (χ3v) is 3.25. The monoisotopic (exact) mass is 248 g/mol. The third kappa shape index (κ3) is 2.72. The van der Waals surface area contributed by atoms with Crippen molar-refractivity contribution in [1.82, 2.24) is 4.98 Å². The number of rotatable bonds is 5. The molecule has 0 aliphatic heterocycles. The summed E-state index contributed by atoms with van der Waals surface area (Å²) in [5.41, 5.74) is 7.36. The average Bonchev–Trinajstić information content (AvgIpc) is 3.19. The van der Waals surface area contributed by atoms with Crippen LogP contribution in [0.4, 0.5) is 5.82 Å². The van der Waals surface area contributed by atoms with Crippen LogP contribution in [0.25, 0.3) is 0 Å². The molecule has 2 rings (SSSR count). The Kier molecular flexibility index (Phi) is 3.69. The summed E-state index contributed by atoms with van der Waals surface area (Å²) >= 11 is 0. The lowest BCUT2D eigenvalue weighted by molar-refractivity contribution is 0.318. The SMILES string of the molecule is CCN(CC1CC1)c1nc(C)ccc1C(N)=NO. The molecule has 0 atom stereocenters. The maximum Gasteiger partial charge on any atom is 0.173 e. The number of oxime groups is 1. The molecule has 0 aromatic carbocycles. The van der Waals surface area contributed by atoms with Crippen LogP contribution in [0.2, 0.25) is 0 Å². The van der Waals surface area contributed by atoms with Gasteiger partial charge in [0, 0.05) is 18.8 Å². The average molecular weight is 248 g/mol. The van der Waals surface area contributed by atoms with Crippen molar-refractivity contribution < 1.29 is 5.21 Å². The fourth-order valence-corrected chi connectivity index (χ4v) is 2.02. The van der Waals surface area contributed by atoms with Crippen LogP contribution in [0.3, 0.4) is 0 Å². The van der Waals surface area contributed by atoms with Crippen LogP contribution in [0.1, 0.15) is 31.0 Å². The van der Waals surface area contributed by atoms with Crippen molar-refractivity contribution in [3.63, 3.8) is 0 Å². The molecular weight excluding hydrogens is 228 g/mol. The Balaban J connectivity index is 2.35. The first kappa shape index (κ1) is 12.7. The molecule has 5 nitrogen and oxygen atoms in total. The zero-order valence-electron chi connectivity index (χ0n) is 10.9. The van der Waals surface area contributed by atoms with E-state index in [1.54, 1.807) is 0 Å². The Labute approximate surface area is 107 Å². The minimum Gasteiger partial charge on any atom is -0.409 e.